The Balaban J connectivity index is 1.51. The number of nitrogens with one attached hydrogen (secondary N) is 1. The summed E-state index contributed by atoms with van der Waals surface area (Å²) in [4.78, 5) is 33.3. The average Bonchev–Trinajstić information content (AvgIpc) is 3.09. The van der Waals surface area contributed by atoms with Crippen molar-refractivity contribution in [3.05, 3.63) is 46.5 Å². The summed E-state index contributed by atoms with van der Waals surface area (Å²) in [5.74, 6) is -0.0659. The molecule has 1 aliphatic heterocycles. The number of rotatable bonds is 4. The molecule has 1 saturated heterocycles. The van der Waals surface area contributed by atoms with Gasteiger partial charge in [0.05, 0.1) is 0 Å². The molecule has 3 rings (SSSR count). The van der Waals surface area contributed by atoms with Gasteiger partial charge in [-0.05, 0) is 25.3 Å². The number of aromatic nitrogens is 1. The van der Waals surface area contributed by atoms with Gasteiger partial charge in [0.1, 0.15) is 0 Å². The van der Waals surface area contributed by atoms with Crippen molar-refractivity contribution < 1.29 is 9.59 Å². The summed E-state index contributed by atoms with van der Waals surface area (Å²) in [6.07, 6.45) is 4.03. The lowest BCUT2D eigenvalue weighted by Crippen LogP contribution is -2.45. The number of carbonyl (C=O) groups is 2. The number of thiazole rings is 1. The van der Waals surface area contributed by atoms with Crippen molar-refractivity contribution in [2.24, 2.45) is 5.92 Å². The molecule has 2 aromatic rings. The van der Waals surface area contributed by atoms with E-state index < -0.39 is 0 Å². The molecule has 0 saturated carbocycles. The first-order chi connectivity index (χ1) is 12.9. The second kappa shape index (κ2) is 8.52. The highest BCUT2D eigenvalue weighted by Crippen LogP contribution is 2.24. The van der Waals surface area contributed by atoms with Crippen LogP contribution in [-0.2, 0) is 11.2 Å². The fourth-order valence-electron chi connectivity index (χ4n) is 3.18. The number of aryl methyl sites for hydroxylation is 1. The van der Waals surface area contributed by atoms with Gasteiger partial charge >= 0.3 is 6.03 Å². The minimum atomic E-state index is -0.0688. The molecule has 0 bridgehead atoms. The zero-order chi connectivity index (χ0) is 19.4. The monoisotopic (exact) mass is 386 g/mol. The van der Waals surface area contributed by atoms with E-state index in [4.69, 9.17) is 0 Å². The molecule has 0 radical (unpaired) electrons. The number of hydrogen-bond donors (Lipinski definition) is 1. The summed E-state index contributed by atoms with van der Waals surface area (Å²) in [5.41, 5.74) is 2.48. The van der Waals surface area contributed by atoms with Crippen LogP contribution in [0, 0.1) is 12.8 Å². The Morgan fingerprint density at radius 1 is 1.22 bits per heavy atom. The molecule has 2 heterocycles. The third-order valence-corrected chi connectivity index (χ3v) is 5.71. The second-order valence-corrected chi connectivity index (χ2v) is 8.34. The minimum Gasteiger partial charge on any atom is -0.331 e. The summed E-state index contributed by atoms with van der Waals surface area (Å²) in [5, 5.41) is 3.60. The minimum absolute atomic E-state index is 0.00295. The van der Waals surface area contributed by atoms with Crippen LogP contribution in [0.5, 0.6) is 0 Å². The highest BCUT2D eigenvalue weighted by atomic mass is 32.1. The van der Waals surface area contributed by atoms with E-state index in [9.17, 15) is 9.59 Å². The summed E-state index contributed by atoms with van der Waals surface area (Å²) in [6, 6.07) is 8.46. The van der Waals surface area contributed by atoms with Crippen molar-refractivity contribution in [3.63, 3.8) is 0 Å². The first kappa shape index (κ1) is 19.4. The molecule has 1 aromatic heterocycles. The van der Waals surface area contributed by atoms with Gasteiger partial charge in [-0.1, -0.05) is 29.8 Å². The maximum absolute atomic E-state index is 12.5. The molecular formula is C20H26N4O2S. The number of likely N-dealkylation sites (tertiary alicyclic amines) is 1. The zero-order valence-electron chi connectivity index (χ0n) is 16.1. The molecule has 0 spiro atoms. The maximum Gasteiger partial charge on any atom is 0.319 e. The molecule has 1 fully saturated rings. The number of benzene rings is 1. The number of anilines is 1. The first-order valence-corrected chi connectivity index (χ1v) is 10.0. The fourth-order valence-corrected chi connectivity index (χ4v) is 4.03. The number of piperidine rings is 1. The molecule has 0 unspecified atom stereocenters. The Hall–Kier alpha value is -2.41. The zero-order valence-corrected chi connectivity index (χ0v) is 16.9. The van der Waals surface area contributed by atoms with Gasteiger partial charge in [-0.2, -0.15) is 0 Å². The van der Waals surface area contributed by atoms with Gasteiger partial charge < -0.3 is 15.1 Å². The van der Waals surface area contributed by atoms with Gasteiger partial charge in [-0.15, -0.1) is 11.3 Å². The van der Waals surface area contributed by atoms with Crippen LogP contribution in [-0.4, -0.2) is 53.9 Å². The van der Waals surface area contributed by atoms with Gasteiger partial charge in [0, 0.05) is 50.6 Å². The molecule has 3 amide bonds. The Morgan fingerprint density at radius 2 is 1.89 bits per heavy atom. The van der Waals surface area contributed by atoms with Crippen molar-refractivity contribution in [1.29, 1.82) is 0 Å². The number of carbonyl (C=O) groups excluding carboxylic acids is 2. The molecule has 0 aliphatic carbocycles. The van der Waals surface area contributed by atoms with Crippen LogP contribution in [0.2, 0.25) is 0 Å². The van der Waals surface area contributed by atoms with Gasteiger partial charge in [0.2, 0.25) is 5.91 Å². The Morgan fingerprint density at radius 3 is 2.52 bits per heavy atom. The van der Waals surface area contributed by atoms with Gasteiger partial charge in [0.25, 0.3) is 0 Å². The van der Waals surface area contributed by atoms with Crippen molar-refractivity contribution in [2.75, 3.05) is 32.5 Å². The molecule has 6 nitrogen and oxygen atoms in total. The lowest BCUT2D eigenvalue weighted by Gasteiger charge is -2.32. The van der Waals surface area contributed by atoms with Gasteiger partial charge in [0.15, 0.2) is 5.13 Å². The van der Waals surface area contributed by atoms with Crippen LogP contribution in [0.3, 0.4) is 0 Å². The lowest BCUT2D eigenvalue weighted by molar-refractivity contribution is -0.121. The predicted molar refractivity (Wildman–Crippen MR) is 108 cm³/mol. The topological polar surface area (TPSA) is 65.5 Å². The average molecular weight is 387 g/mol. The first-order valence-electron chi connectivity index (χ1n) is 9.19. The van der Waals surface area contributed by atoms with E-state index >= 15 is 0 Å². The number of hydrogen-bond acceptors (Lipinski definition) is 4. The van der Waals surface area contributed by atoms with E-state index in [0.29, 0.717) is 31.1 Å². The molecule has 1 aliphatic rings. The highest BCUT2D eigenvalue weighted by molar-refractivity contribution is 7.15. The third-order valence-electron chi connectivity index (χ3n) is 4.80. The molecule has 0 atom stereocenters. The van der Waals surface area contributed by atoms with Crippen LogP contribution in [0.1, 0.15) is 28.8 Å². The molecule has 7 heteroatoms. The summed E-state index contributed by atoms with van der Waals surface area (Å²) in [6.45, 7) is 3.31. The molecule has 144 valence electrons. The second-order valence-electron chi connectivity index (χ2n) is 7.22. The van der Waals surface area contributed by atoms with Crippen LogP contribution in [0.25, 0.3) is 0 Å². The third kappa shape index (κ3) is 5.07. The summed E-state index contributed by atoms with van der Waals surface area (Å²) >= 11 is 1.52. The van der Waals surface area contributed by atoms with Crippen molar-refractivity contribution in [3.8, 4) is 0 Å². The van der Waals surface area contributed by atoms with Crippen molar-refractivity contribution in [1.82, 2.24) is 14.8 Å². The fraction of sp³-hybridized carbons (Fsp3) is 0.450. The van der Waals surface area contributed by atoms with Crippen LogP contribution < -0.4 is 5.32 Å². The summed E-state index contributed by atoms with van der Waals surface area (Å²) in [7, 11) is 3.50. The van der Waals surface area contributed by atoms with Gasteiger partial charge in [-0.25, -0.2) is 9.78 Å². The van der Waals surface area contributed by atoms with Gasteiger partial charge in [-0.3, -0.25) is 4.79 Å². The molecular weight excluding hydrogens is 360 g/mol. The predicted octanol–water partition coefficient (Wildman–Crippen LogP) is 3.37. The SMILES string of the molecule is Cc1ccc(Cc2cnc(NC(=O)C3CCN(C(=O)N(C)C)CC3)s2)cc1. The standard InChI is InChI=1S/C20H26N4O2S/c1-14-4-6-15(7-5-14)12-17-13-21-19(27-17)22-18(25)16-8-10-24(11-9-16)20(26)23(2)3/h4-7,13,16H,8-12H2,1-3H3,(H,21,22,25). The number of amides is 3. The van der Waals surface area contributed by atoms with E-state index in [0.717, 1.165) is 11.3 Å². The van der Waals surface area contributed by atoms with E-state index in [2.05, 4.69) is 41.5 Å². The molecule has 1 aromatic carbocycles. The maximum atomic E-state index is 12.5. The van der Waals surface area contributed by atoms with Crippen LogP contribution in [0.15, 0.2) is 30.5 Å². The summed E-state index contributed by atoms with van der Waals surface area (Å²) < 4.78 is 0. The van der Waals surface area contributed by atoms with Crippen LogP contribution in [0.4, 0.5) is 9.93 Å². The molecule has 1 N–H and O–H groups in total. The Labute approximate surface area is 164 Å². The number of urea groups is 1. The van der Waals surface area contributed by atoms with E-state index in [1.807, 2.05) is 6.20 Å². The lowest BCUT2D eigenvalue weighted by atomic mass is 9.96. The van der Waals surface area contributed by atoms with E-state index in [-0.39, 0.29) is 17.9 Å². The van der Waals surface area contributed by atoms with Crippen molar-refractivity contribution >= 4 is 28.4 Å². The smallest absolute Gasteiger partial charge is 0.319 e. The van der Waals surface area contributed by atoms with Crippen LogP contribution >= 0.6 is 11.3 Å². The van der Waals surface area contributed by atoms with Crippen molar-refractivity contribution in [2.45, 2.75) is 26.2 Å². The highest BCUT2D eigenvalue weighted by Gasteiger charge is 2.28. The quantitative estimate of drug-likeness (QED) is 0.876. The largest absolute Gasteiger partial charge is 0.331 e. The Bertz CT molecular complexity index is 793. The molecule has 27 heavy (non-hydrogen) atoms. The van der Waals surface area contributed by atoms with E-state index in [1.165, 1.54) is 22.5 Å². The number of nitrogens with zero attached hydrogens (tertiary/aromatic N) is 3. The normalized spacial score (nSPS) is 14.9. The Kier molecular flexibility index (Phi) is 6.11. The van der Waals surface area contributed by atoms with E-state index in [1.54, 1.807) is 23.9 Å².